The van der Waals surface area contributed by atoms with Gasteiger partial charge in [-0.2, -0.15) is 0 Å². The summed E-state index contributed by atoms with van der Waals surface area (Å²) >= 11 is 0. The van der Waals surface area contributed by atoms with E-state index < -0.39 is 0 Å². The third kappa shape index (κ3) is 10.1. The van der Waals surface area contributed by atoms with E-state index in [-0.39, 0.29) is 0 Å². The standard InChI is InChI=1S/C101H62N6O/c1-102-95-97(106-90-53-47-74(66-31-14-4-15-32-66)59-82(90)83-60-75(48-54-91(83)106)67-33-16-5-17-34-67)98(107-92-55-49-76(68-35-18-6-19-36-68)61-84(92)85-62-77(50-56-93(85)107)69-37-20-7-21-38-69)96(105-88-51-45-72(64-27-10-2-11-28-64)57-80(88)81-58-73(46-52-89(81)105)65-29-12-3-13-30-65)94-79-44-26-43-78(99(79)108-100(94)95)87-63-86(70-39-22-8-23-40-70)103-101(104-87)71-41-24-9-25-42-71/h2-63H. The second-order valence-corrected chi connectivity index (χ2v) is 27.8. The van der Waals surface area contributed by atoms with E-state index in [0.717, 1.165) is 177 Å². The van der Waals surface area contributed by atoms with Crippen molar-refractivity contribution < 1.29 is 4.42 Å². The summed E-state index contributed by atoms with van der Waals surface area (Å²) in [4.78, 5) is 15.8. The molecule has 0 unspecified atom stereocenters. The number of rotatable bonds is 12. The molecule has 108 heavy (non-hydrogen) atoms. The summed E-state index contributed by atoms with van der Waals surface area (Å²) < 4.78 is 15.3. The zero-order chi connectivity index (χ0) is 71.3. The highest BCUT2D eigenvalue weighted by molar-refractivity contribution is 6.25. The topological polar surface area (TPSA) is 58.1 Å². The van der Waals surface area contributed by atoms with Crippen LogP contribution in [0.25, 0.3) is 210 Å². The van der Waals surface area contributed by atoms with Gasteiger partial charge in [0.25, 0.3) is 5.69 Å². The molecule has 5 aromatic heterocycles. The fourth-order valence-corrected chi connectivity index (χ4v) is 16.6. The summed E-state index contributed by atoms with van der Waals surface area (Å²) in [5.74, 6) is 0.580. The Morgan fingerprint density at radius 2 is 0.528 bits per heavy atom. The van der Waals surface area contributed by atoms with Gasteiger partial charge in [0.15, 0.2) is 5.82 Å². The third-order valence-electron chi connectivity index (χ3n) is 21.7. The molecule has 0 aliphatic carbocycles. The highest BCUT2D eigenvalue weighted by Crippen LogP contribution is 2.55. The molecule has 0 saturated heterocycles. The van der Waals surface area contributed by atoms with Crippen LogP contribution in [-0.2, 0) is 0 Å². The van der Waals surface area contributed by atoms with E-state index in [9.17, 15) is 6.57 Å². The molecule has 21 aromatic rings. The summed E-state index contributed by atoms with van der Waals surface area (Å²) in [5, 5.41) is 7.90. The quantitative estimate of drug-likeness (QED) is 0.115. The minimum Gasteiger partial charge on any atom is -0.466 e. The van der Waals surface area contributed by atoms with E-state index in [0.29, 0.717) is 34.1 Å². The lowest BCUT2D eigenvalue weighted by Crippen LogP contribution is -2.10. The van der Waals surface area contributed by atoms with E-state index in [1.165, 1.54) is 0 Å². The number of aromatic nitrogens is 5. The van der Waals surface area contributed by atoms with Crippen LogP contribution in [0.15, 0.2) is 381 Å². The van der Waals surface area contributed by atoms with Gasteiger partial charge in [0.2, 0.25) is 0 Å². The first-order valence-electron chi connectivity index (χ1n) is 36.5. The van der Waals surface area contributed by atoms with Gasteiger partial charge < -0.3 is 18.1 Å². The third-order valence-corrected chi connectivity index (χ3v) is 21.7. The van der Waals surface area contributed by atoms with Gasteiger partial charge in [-0.3, -0.25) is 0 Å². The largest absolute Gasteiger partial charge is 0.466 e. The fourth-order valence-electron chi connectivity index (χ4n) is 16.6. The van der Waals surface area contributed by atoms with Crippen LogP contribution in [-0.4, -0.2) is 23.7 Å². The number of fused-ring (bicyclic) bond motifs is 12. The lowest BCUT2D eigenvalue weighted by molar-refractivity contribution is 0.671. The van der Waals surface area contributed by atoms with Crippen LogP contribution in [0.1, 0.15) is 0 Å². The monoisotopic (exact) mass is 1370 g/mol. The number of nitrogens with zero attached hydrogens (tertiary/aromatic N) is 6. The highest BCUT2D eigenvalue weighted by Gasteiger charge is 2.34. The van der Waals surface area contributed by atoms with Crippen LogP contribution in [0.5, 0.6) is 0 Å². The van der Waals surface area contributed by atoms with Crippen LogP contribution >= 0.6 is 0 Å². The molecule has 0 saturated carbocycles. The first-order chi connectivity index (χ1) is 53.5. The van der Waals surface area contributed by atoms with Crippen LogP contribution in [0, 0.1) is 6.57 Å². The summed E-state index contributed by atoms with van der Waals surface area (Å²) in [7, 11) is 0. The molecule has 21 rings (SSSR count). The van der Waals surface area contributed by atoms with E-state index in [1.807, 2.05) is 36.4 Å². The molecule has 0 aliphatic heterocycles. The summed E-state index contributed by atoms with van der Waals surface area (Å²) in [5.41, 5.74) is 26.6. The average Bonchev–Trinajstić information content (AvgIpc) is 1.51. The molecule has 7 nitrogen and oxygen atoms in total. The molecule has 0 radical (unpaired) electrons. The maximum atomic E-state index is 10.2. The van der Waals surface area contributed by atoms with Gasteiger partial charge in [-0.15, -0.1) is 0 Å². The Morgan fingerprint density at radius 1 is 0.231 bits per heavy atom. The van der Waals surface area contributed by atoms with E-state index >= 15 is 0 Å². The Balaban J connectivity index is 0.994. The maximum Gasteiger partial charge on any atom is 0.255 e. The Bertz CT molecular complexity index is 6830. The van der Waals surface area contributed by atoms with E-state index in [4.69, 9.17) is 19.2 Å². The average molecular weight is 1380 g/mol. The number of furan rings is 1. The molecule has 0 spiro atoms. The first-order valence-corrected chi connectivity index (χ1v) is 36.5. The predicted molar refractivity (Wildman–Crippen MR) is 448 cm³/mol. The van der Waals surface area contributed by atoms with Gasteiger partial charge in [-0.1, -0.05) is 291 Å². The molecule has 0 atom stereocenters. The highest BCUT2D eigenvalue weighted by atomic mass is 16.3. The van der Waals surface area contributed by atoms with Crippen molar-refractivity contribution >= 4 is 93.0 Å². The summed E-state index contributed by atoms with van der Waals surface area (Å²) in [6.07, 6.45) is 0. The Hall–Kier alpha value is -14.7. The summed E-state index contributed by atoms with van der Waals surface area (Å²) in [6, 6.07) is 134. The van der Waals surface area contributed by atoms with Gasteiger partial charge in [-0.25, -0.2) is 14.8 Å². The van der Waals surface area contributed by atoms with Gasteiger partial charge in [0, 0.05) is 59.8 Å². The van der Waals surface area contributed by atoms with Crippen LogP contribution in [0.2, 0.25) is 0 Å². The lowest BCUT2D eigenvalue weighted by Gasteiger charge is -2.24. The van der Waals surface area contributed by atoms with Gasteiger partial charge >= 0.3 is 0 Å². The SMILES string of the molecule is [C-]#[N+]c1c(-n2c3ccc(-c4ccccc4)cc3c3cc(-c4ccccc4)ccc32)c(-n2c3ccc(-c4ccccc4)cc3c3cc(-c4ccccc4)ccc32)c(-n2c3ccc(-c4ccccc4)cc3c3cc(-c4ccccc4)ccc32)c2c1oc1c(-c3cc(-c4ccccc4)nc(-c4ccccc4)n3)cccc12. The number of para-hydroxylation sites is 1. The van der Waals surface area contributed by atoms with Crippen LogP contribution in [0.3, 0.4) is 0 Å². The first kappa shape index (κ1) is 61.9. The van der Waals surface area contributed by atoms with Crippen molar-refractivity contribution in [3.05, 3.63) is 388 Å². The molecular weight excluding hydrogens is 1310 g/mol. The van der Waals surface area contributed by atoms with Gasteiger partial charge in [-0.05, 0) is 152 Å². The normalized spacial score (nSPS) is 11.7. The molecule has 16 aromatic carbocycles. The van der Waals surface area contributed by atoms with Crippen LogP contribution < -0.4 is 0 Å². The Labute approximate surface area is 622 Å². The number of hydrogen-bond donors (Lipinski definition) is 0. The van der Waals surface area contributed by atoms with Gasteiger partial charge in [0.05, 0.1) is 68.1 Å². The second-order valence-electron chi connectivity index (χ2n) is 27.8. The van der Waals surface area contributed by atoms with Crippen molar-refractivity contribution in [2.75, 3.05) is 0 Å². The Kier molecular flexibility index (Phi) is 14.5. The molecule has 0 amide bonds. The molecule has 502 valence electrons. The molecule has 7 heteroatoms. The molecule has 0 N–H and O–H groups in total. The smallest absolute Gasteiger partial charge is 0.255 e. The molecule has 0 bridgehead atoms. The maximum absolute atomic E-state index is 10.2. The van der Waals surface area contributed by atoms with Crippen molar-refractivity contribution in [2.24, 2.45) is 0 Å². The lowest BCUT2D eigenvalue weighted by atomic mass is 10.0. The van der Waals surface area contributed by atoms with Crippen LogP contribution in [0.4, 0.5) is 5.69 Å². The molecule has 5 heterocycles. The van der Waals surface area contributed by atoms with Crippen molar-refractivity contribution in [3.63, 3.8) is 0 Å². The minimum atomic E-state index is 0.344. The number of hydrogen-bond acceptors (Lipinski definition) is 3. The van der Waals surface area contributed by atoms with Crippen molar-refractivity contribution in [2.45, 2.75) is 0 Å². The molecule has 0 aliphatic rings. The number of benzene rings is 16. The van der Waals surface area contributed by atoms with E-state index in [1.54, 1.807) is 0 Å². The second kappa shape index (κ2) is 25.3. The molecule has 0 fully saturated rings. The zero-order valence-electron chi connectivity index (χ0n) is 58.4. The summed E-state index contributed by atoms with van der Waals surface area (Å²) in [6.45, 7) is 10.2. The van der Waals surface area contributed by atoms with Crippen molar-refractivity contribution in [3.8, 4) is 118 Å². The minimum absolute atomic E-state index is 0.344. The van der Waals surface area contributed by atoms with E-state index in [2.05, 4.69) is 353 Å². The van der Waals surface area contributed by atoms with Crippen molar-refractivity contribution in [1.82, 2.24) is 23.7 Å². The van der Waals surface area contributed by atoms with Crippen molar-refractivity contribution in [1.29, 1.82) is 0 Å². The molecular formula is C101H62N6O. The fraction of sp³-hybridized carbons (Fsp3) is 0. The van der Waals surface area contributed by atoms with Gasteiger partial charge in [0.1, 0.15) is 11.2 Å². The predicted octanol–water partition coefficient (Wildman–Crippen LogP) is 27.2. The zero-order valence-corrected chi connectivity index (χ0v) is 58.4. The Morgan fingerprint density at radius 3 is 0.861 bits per heavy atom.